The molecule has 2 N–H and O–H groups in total. The number of aromatic hydroxyl groups is 1. The Bertz CT molecular complexity index is 562. The van der Waals surface area contributed by atoms with Crippen molar-refractivity contribution in [2.45, 2.75) is 0 Å². The fraction of sp³-hybridized carbons (Fsp3) is 0. The van der Waals surface area contributed by atoms with Gasteiger partial charge in [-0.25, -0.2) is 4.98 Å². The molecule has 1 heterocycles. The van der Waals surface area contributed by atoms with Gasteiger partial charge in [0.1, 0.15) is 0 Å². The van der Waals surface area contributed by atoms with Gasteiger partial charge in [0.2, 0.25) is 5.28 Å². The van der Waals surface area contributed by atoms with E-state index in [9.17, 15) is 5.11 Å². The zero-order valence-corrected chi connectivity index (χ0v) is 10.6. The molecule has 0 bridgehead atoms. The molecule has 0 aliphatic heterocycles. The molecule has 0 atom stereocenters. The molecule has 1 aromatic carbocycles. The molecule has 17 heavy (non-hydrogen) atoms. The Morgan fingerprint density at radius 3 is 2.65 bits per heavy atom. The van der Waals surface area contributed by atoms with Crippen LogP contribution in [0.25, 0.3) is 0 Å². The fourth-order valence-corrected chi connectivity index (χ4v) is 1.75. The third-order valence-corrected chi connectivity index (χ3v) is 2.65. The van der Waals surface area contributed by atoms with Crippen LogP contribution in [-0.2, 0) is 0 Å². The molecule has 0 aliphatic rings. The highest BCUT2D eigenvalue weighted by atomic mass is 35.5. The van der Waals surface area contributed by atoms with Crippen molar-refractivity contribution < 1.29 is 5.11 Å². The second-order valence-electron chi connectivity index (χ2n) is 3.12. The van der Waals surface area contributed by atoms with Gasteiger partial charge >= 0.3 is 0 Å². The van der Waals surface area contributed by atoms with Crippen LogP contribution in [0, 0.1) is 0 Å². The number of nitrogens with one attached hydrogen (secondary N) is 1. The van der Waals surface area contributed by atoms with Crippen molar-refractivity contribution in [3.63, 3.8) is 0 Å². The summed E-state index contributed by atoms with van der Waals surface area (Å²) in [6.45, 7) is 0. The van der Waals surface area contributed by atoms with Gasteiger partial charge in [-0.15, -0.1) is 0 Å². The average molecular weight is 291 g/mol. The van der Waals surface area contributed by atoms with E-state index in [1.807, 2.05) is 0 Å². The second-order valence-corrected chi connectivity index (χ2v) is 4.30. The van der Waals surface area contributed by atoms with E-state index in [0.717, 1.165) is 0 Å². The van der Waals surface area contributed by atoms with E-state index in [0.29, 0.717) is 15.7 Å². The zero-order valence-electron chi connectivity index (χ0n) is 8.28. The first-order chi connectivity index (χ1) is 8.06. The van der Waals surface area contributed by atoms with Crippen LogP contribution in [0.1, 0.15) is 0 Å². The van der Waals surface area contributed by atoms with Gasteiger partial charge in [-0.05, 0) is 29.8 Å². The number of nitrogens with zero attached hydrogens (tertiary/aromatic N) is 2. The average Bonchev–Trinajstić information content (AvgIpc) is 2.27. The number of halogens is 3. The summed E-state index contributed by atoms with van der Waals surface area (Å²) < 4.78 is 0. The van der Waals surface area contributed by atoms with Gasteiger partial charge in [0.05, 0.1) is 16.9 Å². The SMILES string of the molecule is Oc1cnc(Cl)nc1Nc1ccc(Cl)cc1Cl. The lowest BCUT2D eigenvalue weighted by Crippen LogP contribution is -1.96. The van der Waals surface area contributed by atoms with E-state index in [4.69, 9.17) is 34.8 Å². The summed E-state index contributed by atoms with van der Waals surface area (Å²) in [7, 11) is 0. The number of benzene rings is 1. The molecular formula is C10H6Cl3N3O. The molecule has 0 aliphatic carbocycles. The fourth-order valence-electron chi connectivity index (χ4n) is 1.16. The summed E-state index contributed by atoms with van der Waals surface area (Å²) >= 11 is 17.4. The second kappa shape index (κ2) is 4.96. The highest BCUT2D eigenvalue weighted by molar-refractivity contribution is 6.36. The molecule has 0 spiro atoms. The van der Waals surface area contributed by atoms with E-state index in [2.05, 4.69) is 15.3 Å². The number of aromatic nitrogens is 2. The summed E-state index contributed by atoms with van der Waals surface area (Å²) in [6.07, 6.45) is 1.20. The molecule has 0 fully saturated rings. The van der Waals surface area contributed by atoms with Gasteiger partial charge in [0.15, 0.2) is 11.6 Å². The lowest BCUT2D eigenvalue weighted by atomic mass is 10.3. The van der Waals surface area contributed by atoms with E-state index in [-0.39, 0.29) is 16.9 Å². The summed E-state index contributed by atoms with van der Waals surface area (Å²) in [5.74, 6) is 0.0506. The van der Waals surface area contributed by atoms with Gasteiger partial charge < -0.3 is 10.4 Å². The largest absolute Gasteiger partial charge is 0.503 e. The standard InChI is InChI=1S/C10H6Cl3N3O/c11-5-1-2-7(6(12)3-5)15-9-8(17)4-14-10(13)16-9/h1-4,17H,(H,14,15,16). The van der Waals surface area contributed by atoms with Crippen LogP contribution in [0.3, 0.4) is 0 Å². The normalized spacial score (nSPS) is 10.3. The van der Waals surface area contributed by atoms with Crippen LogP contribution in [-0.4, -0.2) is 15.1 Å². The first kappa shape index (κ1) is 12.2. The quantitative estimate of drug-likeness (QED) is 0.824. The van der Waals surface area contributed by atoms with Gasteiger partial charge in [0.25, 0.3) is 0 Å². The minimum absolute atomic E-state index is 0.0235. The predicted molar refractivity (Wildman–Crippen MR) is 68.5 cm³/mol. The molecule has 0 saturated carbocycles. The first-order valence-electron chi connectivity index (χ1n) is 4.50. The number of anilines is 2. The first-order valence-corrected chi connectivity index (χ1v) is 5.63. The van der Waals surface area contributed by atoms with Crippen LogP contribution >= 0.6 is 34.8 Å². The van der Waals surface area contributed by atoms with Crippen LogP contribution in [0.2, 0.25) is 15.3 Å². The summed E-state index contributed by atoms with van der Waals surface area (Å²) in [6, 6.07) is 4.90. The molecule has 2 aromatic rings. The number of hydrogen-bond donors (Lipinski definition) is 2. The maximum absolute atomic E-state index is 9.53. The minimum atomic E-state index is -0.125. The van der Waals surface area contributed by atoms with Crippen LogP contribution in [0.15, 0.2) is 24.4 Å². The molecule has 0 amide bonds. The number of hydrogen-bond acceptors (Lipinski definition) is 4. The molecule has 7 heteroatoms. The molecule has 4 nitrogen and oxygen atoms in total. The van der Waals surface area contributed by atoms with E-state index >= 15 is 0 Å². The molecule has 1 aromatic heterocycles. The van der Waals surface area contributed by atoms with Crippen LogP contribution < -0.4 is 5.32 Å². The van der Waals surface area contributed by atoms with Crippen molar-refractivity contribution >= 4 is 46.3 Å². The van der Waals surface area contributed by atoms with Crippen molar-refractivity contribution in [3.05, 3.63) is 39.7 Å². The van der Waals surface area contributed by atoms with Gasteiger partial charge in [0, 0.05) is 5.02 Å². The van der Waals surface area contributed by atoms with Gasteiger partial charge in [-0.2, -0.15) is 4.98 Å². The Kier molecular flexibility index (Phi) is 3.57. The van der Waals surface area contributed by atoms with E-state index in [1.165, 1.54) is 6.20 Å². The summed E-state index contributed by atoms with van der Waals surface area (Å²) in [5, 5.41) is 13.3. The minimum Gasteiger partial charge on any atom is -0.503 e. The predicted octanol–water partition coefficient (Wildman–Crippen LogP) is 3.89. The van der Waals surface area contributed by atoms with Crippen LogP contribution in [0.4, 0.5) is 11.5 Å². The summed E-state index contributed by atoms with van der Waals surface area (Å²) in [5.41, 5.74) is 0.557. The zero-order chi connectivity index (χ0) is 12.4. The maximum Gasteiger partial charge on any atom is 0.224 e. The monoisotopic (exact) mass is 289 g/mol. The topological polar surface area (TPSA) is 58.0 Å². The van der Waals surface area contributed by atoms with Crippen molar-refractivity contribution in [2.75, 3.05) is 5.32 Å². The Balaban J connectivity index is 2.34. The van der Waals surface area contributed by atoms with Crippen molar-refractivity contribution in [3.8, 4) is 5.75 Å². The molecule has 88 valence electrons. The molecule has 0 radical (unpaired) electrons. The molecule has 0 saturated heterocycles. The van der Waals surface area contributed by atoms with Gasteiger partial charge in [-0.3, -0.25) is 0 Å². The highest BCUT2D eigenvalue weighted by Gasteiger charge is 2.08. The Labute approximate surface area is 112 Å². The third kappa shape index (κ3) is 2.91. The maximum atomic E-state index is 9.53. The molecule has 0 unspecified atom stereocenters. The Hall–Kier alpha value is -1.23. The van der Waals surface area contributed by atoms with Crippen LogP contribution in [0.5, 0.6) is 5.75 Å². The van der Waals surface area contributed by atoms with Crippen molar-refractivity contribution in [1.82, 2.24) is 9.97 Å². The summed E-state index contributed by atoms with van der Waals surface area (Å²) in [4.78, 5) is 7.46. The van der Waals surface area contributed by atoms with E-state index in [1.54, 1.807) is 18.2 Å². The van der Waals surface area contributed by atoms with Gasteiger partial charge in [-0.1, -0.05) is 23.2 Å². The lowest BCUT2D eigenvalue weighted by Gasteiger charge is -2.09. The Morgan fingerprint density at radius 2 is 1.94 bits per heavy atom. The van der Waals surface area contributed by atoms with Crippen molar-refractivity contribution in [1.29, 1.82) is 0 Å². The molecular weight excluding hydrogens is 284 g/mol. The van der Waals surface area contributed by atoms with E-state index < -0.39 is 0 Å². The lowest BCUT2D eigenvalue weighted by molar-refractivity contribution is 0.472. The smallest absolute Gasteiger partial charge is 0.224 e. The molecule has 2 rings (SSSR count). The third-order valence-electron chi connectivity index (χ3n) is 1.92. The Morgan fingerprint density at radius 1 is 1.18 bits per heavy atom. The number of rotatable bonds is 2. The highest BCUT2D eigenvalue weighted by Crippen LogP contribution is 2.30. The van der Waals surface area contributed by atoms with Crippen molar-refractivity contribution in [2.24, 2.45) is 0 Å².